The molecule has 476 valence electrons. The number of thiazole rings is 1. The van der Waals surface area contributed by atoms with Crippen LogP contribution in [0.4, 0.5) is 0 Å². The van der Waals surface area contributed by atoms with Gasteiger partial charge in [0.25, 0.3) is 0 Å². The van der Waals surface area contributed by atoms with Crippen molar-refractivity contribution in [3.63, 3.8) is 0 Å². The van der Waals surface area contributed by atoms with Crippen molar-refractivity contribution in [2.45, 2.75) is 10.8 Å². The molecule has 5 heteroatoms. The van der Waals surface area contributed by atoms with E-state index in [2.05, 4.69) is 334 Å². The molecule has 19 aromatic rings. The van der Waals surface area contributed by atoms with Gasteiger partial charge < -0.3 is 0 Å². The Hall–Kier alpha value is -13.1. The van der Waals surface area contributed by atoms with E-state index in [1.165, 1.54) is 137 Å². The van der Waals surface area contributed by atoms with Crippen molar-refractivity contribution >= 4 is 75.8 Å². The fraction of sp³-hybridized carbons (Fsp3) is 0.0204. The van der Waals surface area contributed by atoms with Crippen LogP contribution in [0.3, 0.4) is 0 Å². The van der Waals surface area contributed by atoms with Crippen molar-refractivity contribution in [3.8, 4) is 99.8 Å². The Balaban J connectivity index is 0.000000130. The van der Waals surface area contributed by atoms with Gasteiger partial charge in [0.15, 0.2) is 0 Å². The van der Waals surface area contributed by atoms with Crippen LogP contribution in [0.25, 0.3) is 164 Å². The highest BCUT2D eigenvalue weighted by atomic mass is 32.1. The minimum atomic E-state index is -0.387. The Kier molecular flexibility index (Phi) is 12.5. The fourth-order valence-electron chi connectivity index (χ4n) is 18.2. The van der Waals surface area contributed by atoms with Crippen molar-refractivity contribution in [2.24, 2.45) is 0 Å². The maximum Gasteiger partial charge on any atom is 0.124 e. The SMILES string of the molecule is c1ccc2c(c1)-c1ccccc1C21c2ccccc2-c2cc3c(-c4ccc(-c5ccc(-c6nc7ccccc7s6)cc5)cc4)nc4ccccc4c3cc21.c1ccc2c(c1)-c1ccccc1C21c2ccccc2-c2cc3c(-c4ccc(-c5cnc6ccccc6c5)cc4)nc4ccccc4c3cc21. The Morgan fingerprint density at radius 2 is 0.553 bits per heavy atom. The average Bonchev–Trinajstić information content (AvgIpc) is 1.51. The van der Waals surface area contributed by atoms with Gasteiger partial charge in [-0.1, -0.05) is 285 Å². The number of hydrogen-bond acceptors (Lipinski definition) is 5. The fourth-order valence-corrected chi connectivity index (χ4v) is 19.2. The minimum absolute atomic E-state index is 0.382. The Labute approximate surface area is 598 Å². The number of nitrogens with zero attached hydrogens (tertiary/aromatic N) is 4. The second kappa shape index (κ2) is 22.2. The van der Waals surface area contributed by atoms with E-state index < -0.39 is 0 Å². The first-order valence-electron chi connectivity index (χ1n) is 35.4. The first kappa shape index (κ1) is 57.8. The molecule has 15 aromatic carbocycles. The highest BCUT2D eigenvalue weighted by Crippen LogP contribution is 2.65. The van der Waals surface area contributed by atoms with Crippen LogP contribution in [0.15, 0.2) is 352 Å². The van der Waals surface area contributed by atoms with Crippen molar-refractivity contribution in [2.75, 3.05) is 0 Å². The summed E-state index contributed by atoms with van der Waals surface area (Å²) in [7, 11) is 0. The van der Waals surface area contributed by atoms with Gasteiger partial charge in [0.1, 0.15) is 5.01 Å². The summed E-state index contributed by atoms with van der Waals surface area (Å²) in [4.78, 5) is 20.3. The molecule has 0 saturated carbocycles. The maximum atomic E-state index is 5.38. The van der Waals surface area contributed by atoms with Crippen molar-refractivity contribution in [3.05, 3.63) is 396 Å². The third-order valence-electron chi connectivity index (χ3n) is 22.6. The number of rotatable bonds is 5. The number of pyridine rings is 3. The van der Waals surface area contributed by atoms with Crippen molar-refractivity contribution < 1.29 is 0 Å². The highest BCUT2D eigenvalue weighted by Gasteiger charge is 2.53. The Bertz CT molecular complexity index is 6680. The molecule has 0 saturated heterocycles. The number of hydrogen-bond donors (Lipinski definition) is 0. The van der Waals surface area contributed by atoms with Crippen molar-refractivity contribution in [1.82, 2.24) is 19.9 Å². The summed E-state index contributed by atoms with van der Waals surface area (Å²) < 4.78 is 1.21. The summed E-state index contributed by atoms with van der Waals surface area (Å²) in [5.41, 5.74) is 34.6. The zero-order valence-electron chi connectivity index (χ0n) is 55.7. The minimum Gasteiger partial charge on any atom is -0.256 e. The molecule has 4 nitrogen and oxygen atoms in total. The molecular formula is C98H58N4S. The second-order valence-electron chi connectivity index (χ2n) is 27.8. The van der Waals surface area contributed by atoms with Crippen LogP contribution < -0.4 is 0 Å². The lowest BCUT2D eigenvalue weighted by Gasteiger charge is -2.30. The van der Waals surface area contributed by atoms with E-state index in [-0.39, 0.29) is 10.8 Å². The molecule has 4 aliphatic rings. The standard InChI is InChI=1S/C51H30N2S.C47H28N2/c1-5-15-42-35(11-1)36-12-2-6-16-43(36)51(42)44-17-7-3-13-37(44)40-29-41-39(30-45(40)51)38-14-4-8-18-46(38)52-49(41)33-25-21-31(22-26-33)32-23-27-34(28-24-32)50-53-47-19-9-10-20-48(47)54-50;1-9-19-44-31(11-1)25-32(28-48-44)29-21-23-30(24-22-29)46-39-26-38-35-14-4-8-18-42(35)47(43(38)27-37(39)36-15-5-10-20-45(36)49-46)40-16-6-2-12-33(40)34-13-3-7-17-41(34)47/h1-30H;1-28H. The average molecular weight is 1320 g/mol. The normalized spacial score (nSPS) is 13.4. The van der Waals surface area contributed by atoms with E-state index >= 15 is 0 Å². The van der Waals surface area contributed by atoms with Gasteiger partial charge in [-0.15, -0.1) is 11.3 Å². The Morgan fingerprint density at radius 1 is 0.214 bits per heavy atom. The third-order valence-corrected chi connectivity index (χ3v) is 23.7. The molecule has 2 spiro atoms. The lowest BCUT2D eigenvalue weighted by Crippen LogP contribution is -2.25. The van der Waals surface area contributed by atoms with Crippen LogP contribution >= 0.6 is 11.3 Å². The van der Waals surface area contributed by atoms with Crippen LogP contribution in [0.1, 0.15) is 44.5 Å². The van der Waals surface area contributed by atoms with Crippen molar-refractivity contribution in [1.29, 1.82) is 0 Å². The van der Waals surface area contributed by atoms with Gasteiger partial charge in [-0.2, -0.15) is 0 Å². The first-order valence-corrected chi connectivity index (χ1v) is 36.2. The molecule has 23 rings (SSSR count). The summed E-state index contributed by atoms with van der Waals surface area (Å²) in [6.45, 7) is 0. The topological polar surface area (TPSA) is 51.6 Å². The summed E-state index contributed by atoms with van der Waals surface area (Å²) >= 11 is 1.74. The van der Waals surface area contributed by atoms with Gasteiger partial charge in [-0.05, 0) is 177 Å². The molecule has 0 unspecified atom stereocenters. The zero-order chi connectivity index (χ0) is 67.5. The van der Waals surface area contributed by atoms with Gasteiger partial charge >= 0.3 is 0 Å². The largest absolute Gasteiger partial charge is 0.256 e. The number of fused-ring (bicyclic) bond motifs is 28. The van der Waals surface area contributed by atoms with E-state index in [1.807, 2.05) is 18.3 Å². The summed E-state index contributed by atoms with van der Waals surface area (Å²) in [6.07, 6.45) is 1.97. The van der Waals surface area contributed by atoms with E-state index in [0.29, 0.717) is 0 Å². The predicted octanol–water partition coefficient (Wildman–Crippen LogP) is 25.0. The van der Waals surface area contributed by atoms with Gasteiger partial charge in [0.05, 0.1) is 49.0 Å². The predicted molar refractivity (Wildman–Crippen MR) is 427 cm³/mol. The highest BCUT2D eigenvalue weighted by molar-refractivity contribution is 7.21. The summed E-state index contributed by atoms with van der Waals surface area (Å²) in [5.74, 6) is 0. The lowest BCUT2D eigenvalue weighted by atomic mass is 9.70. The van der Waals surface area contributed by atoms with E-state index in [0.717, 1.165) is 71.7 Å². The van der Waals surface area contributed by atoms with E-state index in [9.17, 15) is 0 Å². The smallest absolute Gasteiger partial charge is 0.124 e. The van der Waals surface area contributed by atoms with E-state index in [4.69, 9.17) is 19.9 Å². The maximum absolute atomic E-state index is 5.38. The monoisotopic (exact) mass is 1320 g/mol. The lowest BCUT2D eigenvalue weighted by molar-refractivity contribution is 0.795. The Morgan fingerprint density at radius 3 is 0.990 bits per heavy atom. The number of para-hydroxylation sites is 4. The van der Waals surface area contributed by atoms with Gasteiger partial charge in [0.2, 0.25) is 0 Å². The molecule has 4 aromatic heterocycles. The van der Waals surface area contributed by atoms with Gasteiger partial charge in [-0.25, -0.2) is 15.0 Å². The van der Waals surface area contributed by atoms with E-state index in [1.54, 1.807) is 11.3 Å². The molecular weight excluding hydrogens is 1270 g/mol. The van der Waals surface area contributed by atoms with Gasteiger partial charge in [0, 0.05) is 55.4 Å². The second-order valence-corrected chi connectivity index (χ2v) is 28.8. The molecule has 0 N–H and O–H groups in total. The molecule has 4 aliphatic carbocycles. The third kappa shape index (κ3) is 8.34. The van der Waals surface area contributed by atoms with Gasteiger partial charge in [-0.3, -0.25) is 4.98 Å². The molecule has 0 amide bonds. The summed E-state index contributed by atoms with van der Waals surface area (Å²) in [6, 6.07) is 127. The van der Waals surface area contributed by atoms with Crippen LogP contribution in [-0.2, 0) is 10.8 Å². The zero-order valence-corrected chi connectivity index (χ0v) is 56.5. The quantitative estimate of drug-likeness (QED) is 0.161. The first-order chi connectivity index (χ1) is 51.0. The summed E-state index contributed by atoms with van der Waals surface area (Å²) in [5, 5.41) is 9.35. The molecule has 0 aliphatic heterocycles. The molecule has 0 bridgehead atoms. The molecule has 0 fully saturated rings. The number of aromatic nitrogens is 4. The van der Waals surface area contributed by atoms with Crippen LogP contribution in [0.5, 0.6) is 0 Å². The van der Waals surface area contributed by atoms with Crippen LogP contribution in [-0.4, -0.2) is 19.9 Å². The van der Waals surface area contributed by atoms with Crippen LogP contribution in [0.2, 0.25) is 0 Å². The molecule has 103 heavy (non-hydrogen) atoms. The van der Waals surface area contributed by atoms with Crippen LogP contribution in [0, 0.1) is 0 Å². The molecule has 4 heterocycles. The molecule has 0 radical (unpaired) electrons. The molecule has 0 atom stereocenters. The number of benzene rings is 15.